The number of carbonyl (C=O) groups excluding carboxylic acids is 2. The van der Waals surface area contributed by atoms with Crippen molar-refractivity contribution in [3.8, 4) is 0 Å². The lowest BCUT2D eigenvalue weighted by atomic mass is 9.96. The molecule has 204 valence electrons. The van der Waals surface area contributed by atoms with Crippen LogP contribution in [-0.4, -0.2) is 45.1 Å². The van der Waals surface area contributed by atoms with Crippen LogP contribution >= 0.6 is 0 Å². The number of aromatic carboxylic acids is 1. The number of benzene rings is 1. The van der Waals surface area contributed by atoms with Crippen molar-refractivity contribution in [2.75, 3.05) is 0 Å². The Hall–Kier alpha value is -3.82. The molecule has 1 fully saturated rings. The van der Waals surface area contributed by atoms with Crippen molar-refractivity contribution in [2.24, 2.45) is 5.92 Å². The molecule has 10 nitrogen and oxygen atoms in total. The monoisotopic (exact) mass is 523 g/mol. The molecule has 10 heteroatoms. The van der Waals surface area contributed by atoms with Crippen LogP contribution in [0.3, 0.4) is 0 Å². The Kier molecular flexibility index (Phi) is 8.70. The minimum atomic E-state index is -1.20. The average molecular weight is 524 g/mol. The van der Waals surface area contributed by atoms with Crippen molar-refractivity contribution in [2.45, 2.75) is 83.8 Å². The third kappa shape index (κ3) is 6.73. The number of rotatable bonds is 10. The van der Waals surface area contributed by atoms with Crippen LogP contribution in [0.2, 0.25) is 0 Å². The summed E-state index contributed by atoms with van der Waals surface area (Å²) in [4.78, 5) is 45.4. The largest absolute Gasteiger partial charge is 0.476 e. The highest BCUT2D eigenvalue weighted by Crippen LogP contribution is 2.26. The maximum Gasteiger partial charge on any atom is 0.358 e. The van der Waals surface area contributed by atoms with E-state index >= 15 is 0 Å². The Bertz CT molecular complexity index is 1270. The van der Waals surface area contributed by atoms with Gasteiger partial charge in [-0.05, 0) is 43.7 Å². The van der Waals surface area contributed by atoms with Gasteiger partial charge in [0.2, 0.25) is 11.8 Å². The summed E-state index contributed by atoms with van der Waals surface area (Å²) in [5.74, 6) is -1.17. The molecule has 2 aromatic heterocycles. The zero-order valence-corrected chi connectivity index (χ0v) is 22.2. The van der Waals surface area contributed by atoms with E-state index < -0.39 is 18.1 Å². The molecule has 4 rings (SSSR count). The minimum Gasteiger partial charge on any atom is -0.476 e. The van der Waals surface area contributed by atoms with Crippen LogP contribution in [0.5, 0.6) is 0 Å². The number of H-pyrrole nitrogens is 1. The van der Waals surface area contributed by atoms with E-state index in [4.69, 9.17) is 4.42 Å². The number of nitrogens with zero attached hydrogens (tertiary/aromatic N) is 1. The number of nitrogens with one attached hydrogen (secondary N) is 4. The third-order valence-electron chi connectivity index (χ3n) is 7.00. The van der Waals surface area contributed by atoms with Gasteiger partial charge in [0.05, 0.1) is 0 Å². The van der Waals surface area contributed by atoms with Crippen LogP contribution in [-0.2, 0) is 11.2 Å². The SMILES string of the molecule is Cc1oc([C@@H](Cc2c[nH]c3ccccc23)NC(=O)[C@H](CC(C)C)NC(=O)NC2CCCCC2)nc1C(=O)O. The highest BCUT2D eigenvalue weighted by Gasteiger charge is 2.30. The number of hydrogen-bond acceptors (Lipinski definition) is 5. The molecule has 3 aromatic rings. The van der Waals surface area contributed by atoms with E-state index in [1.165, 1.54) is 13.3 Å². The van der Waals surface area contributed by atoms with E-state index in [0.717, 1.165) is 42.1 Å². The molecule has 0 aliphatic heterocycles. The Morgan fingerprint density at radius 2 is 1.87 bits per heavy atom. The molecule has 0 bridgehead atoms. The van der Waals surface area contributed by atoms with Gasteiger partial charge in [-0.15, -0.1) is 0 Å². The summed E-state index contributed by atoms with van der Waals surface area (Å²) >= 11 is 0. The Morgan fingerprint density at radius 1 is 1.13 bits per heavy atom. The predicted molar refractivity (Wildman–Crippen MR) is 143 cm³/mol. The number of aromatic amines is 1. The predicted octanol–water partition coefficient (Wildman–Crippen LogP) is 4.61. The summed E-state index contributed by atoms with van der Waals surface area (Å²) < 4.78 is 5.73. The van der Waals surface area contributed by atoms with E-state index in [0.29, 0.717) is 12.8 Å². The van der Waals surface area contributed by atoms with Gasteiger partial charge in [-0.1, -0.05) is 51.3 Å². The van der Waals surface area contributed by atoms with Crippen LogP contribution in [0.4, 0.5) is 4.79 Å². The number of aryl methyl sites for hydroxylation is 1. The topological polar surface area (TPSA) is 149 Å². The van der Waals surface area contributed by atoms with Crippen LogP contribution < -0.4 is 16.0 Å². The van der Waals surface area contributed by atoms with Gasteiger partial charge in [-0.2, -0.15) is 0 Å². The maximum absolute atomic E-state index is 13.6. The summed E-state index contributed by atoms with van der Waals surface area (Å²) in [6.45, 7) is 5.51. The molecule has 1 aromatic carbocycles. The zero-order chi connectivity index (χ0) is 27.2. The summed E-state index contributed by atoms with van der Waals surface area (Å²) in [6.07, 6.45) is 7.85. The fourth-order valence-corrected chi connectivity index (χ4v) is 5.09. The zero-order valence-electron chi connectivity index (χ0n) is 22.2. The fraction of sp³-hybridized carbons (Fsp3) is 0.500. The van der Waals surface area contributed by atoms with Crippen molar-refractivity contribution >= 4 is 28.8 Å². The number of carboxylic acids is 1. The molecule has 1 aliphatic rings. The van der Waals surface area contributed by atoms with Gasteiger partial charge in [0.1, 0.15) is 17.8 Å². The van der Waals surface area contributed by atoms with E-state index in [1.54, 1.807) is 0 Å². The molecule has 2 atom stereocenters. The summed E-state index contributed by atoms with van der Waals surface area (Å²) in [5, 5.41) is 19.3. The molecule has 38 heavy (non-hydrogen) atoms. The first kappa shape index (κ1) is 27.2. The summed E-state index contributed by atoms with van der Waals surface area (Å²) in [6, 6.07) is 6.03. The molecule has 0 spiro atoms. The first-order chi connectivity index (χ1) is 18.2. The average Bonchev–Trinajstić information content (AvgIpc) is 3.47. The van der Waals surface area contributed by atoms with Crippen molar-refractivity contribution in [1.82, 2.24) is 25.9 Å². The number of carbonyl (C=O) groups is 3. The highest BCUT2D eigenvalue weighted by molar-refractivity contribution is 5.88. The maximum atomic E-state index is 13.6. The van der Waals surface area contributed by atoms with E-state index in [2.05, 4.69) is 25.9 Å². The van der Waals surface area contributed by atoms with Crippen LogP contribution in [0.15, 0.2) is 34.9 Å². The lowest BCUT2D eigenvalue weighted by molar-refractivity contribution is -0.124. The van der Waals surface area contributed by atoms with E-state index in [-0.39, 0.29) is 41.2 Å². The lowest BCUT2D eigenvalue weighted by Gasteiger charge is -2.26. The number of aromatic nitrogens is 2. The van der Waals surface area contributed by atoms with Gasteiger partial charge in [-0.3, -0.25) is 4.79 Å². The minimum absolute atomic E-state index is 0.105. The molecule has 0 saturated heterocycles. The van der Waals surface area contributed by atoms with Crippen molar-refractivity contribution < 1.29 is 23.9 Å². The number of para-hydroxylation sites is 1. The summed E-state index contributed by atoms with van der Waals surface area (Å²) in [5.41, 5.74) is 1.67. The van der Waals surface area contributed by atoms with Crippen molar-refractivity contribution in [1.29, 1.82) is 0 Å². The van der Waals surface area contributed by atoms with Gasteiger partial charge >= 0.3 is 12.0 Å². The standard InChI is InChI=1S/C28H37N5O5/c1-16(2)13-22(32-28(37)30-19-9-5-4-6-10-19)25(34)31-23(26-33-24(27(35)36)17(3)38-26)14-18-15-29-21-12-8-7-11-20(18)21/h7-8,11-12,15-16,19,22-23,29H,4-6,9-10,13-14H2,1-3H3,(H,31,34)(H,35,36)(H2,30,32,37)/t22-,23+/m0/s1. The molecular formula is C28H37N5O5. The number of oxazole rings is 1. The van der Waals surface area contributed by atoms with E-state index in [9.17, 15) is 19.5 Å². The number of urea groups is 1. The van der Waals surface area contributed by atoms with Crippen molar-refractivity contribution in [3.05, 3.63) is 53.4 Å². The molecule has 5 N–H and O–H groups in total. The quantitative estimate of drug-likeness (QED) is 0.262. The van der Waals surface area contributed by atoms with Crippen LogP contribution in [0, 0.1) is 12.8 Å². The fourth-order valence-electron chi connectivity index (χ4n) is 5.09. The normalized spacial score (nSPS) is 15.8. The van der Waals surface area contributed by atoms with Gasteiger partial charge in [0.15, 0.2) is 5.69 Å². The summed E-state index contributed by atoms with van der Waals surface area (Å²) in [7, 11) is 0. The Morgan fingerprint density at radius 3 is 2.55 bits per heavy atom. The van der Waals surface area contributed by atoms with Gasteiger partial charge in [0, 0.05) is 29.6 Å². The second-order valence-electron chi connectivity index (χ2n) is 10.5. The molecule has 0 radical (unpaired) electrons. The number of carboxylic acid groups (broad SMARTS) is 1. The first-order valence-corrected chi connectivity index (χ1v) is 13.3. The second-order valence-corrected chi connectivity index (χ2v) is 10.5. The van der Waals surface area contributed by atoms with Gasteiger partial charge < -0.3 is 30.5 Å². The molecular weight excluding hydrogens is 486 g/mol. The highest BCUT2D eigenvalue weighted by atomic mass is 16.4. The van der Waals surface area contributed by atoms with Crippen LogP contribution in [0.1, 0.15) is 86.1 Å². The van der Waals surface area contributed by atoms with Gasteiger partial charge in [-0.25, -0.2) is 14.6 Å². The number of amides is 3. The lowest BCUT2D eigenvalue weighted by Crippen LogP contribution is -2.53. The Balaban J connectivity index is 1.56. The Labute approximate surface area is 222 Å². The smallest absolute Gasteiger partial charge is 0.358 e. The number of fused-ring (bicyclic) bond motifs is 1. The van der Waals surface area contributed by atoms with E-state index in [1.807, 2.05) is 44.3 Å². The number of hydrogen-bond donors (Lipinski definition) is 5. The third-order valence-corrected chi connectivity index (χ3v) is 7.00. The second kappa shape index (κ2) is 12.1. The van der Waals surface area contributed by atoms with Gasteiger partial charge in [0.25, 0.3) is 0 Å². The molecule has 2 heterocycles. The molecule has 0 unspecified atom stereocenters. The molecule has 1 saturated carbocycles. The molecule has 3 amide bonds. The molecule has 1 aliphatic carbocycles. The van der Waals surface area contributed by atoms with Crippen molar-refractivity contribution in [3.63, 3.8) is 0 Å². The van der Waals surface area contributed by atoms with Crippen LogP contribution in [0.25, 0.3) is 10.9 Å². The first-order valence-electron chi connectivity index (χ1n) is 13.3.